The van der Waals surface area contributed by atoms with Gasteiger partial charge in [-0.05, 0) is 23.8 Å². The van der Waals surface area contributed by atoms with E-state index in [9.17, 15) is 23.3 Å². The van der Waals surface area contributed by atoms with Crippen LogP contribution in [0.3, 0.4) is 0 Å². The fraction of sp³-hybridized carbons (Fsp3) is 0.125. The normalized spacial score (nSPS) is 11.3. The second kappa shape index (κ2) is 8.60. The number of carbonyl (C=O) groups excluding carboxylic acids is 1. The van der Waals surface area contributed by atoms with E-state index < -0.39 is 27.4 Å². The number of nitrogens with one attached hydrogen (secondary N) is 1. The number of halogens is 1. The second-order valence-electron chi connectivity index (χ2n) is 5.39. The Labute approximate surface area is 160 Å². The molecule has 0 radical (unpaired) electrons. The maximum absolute atomic E-state index is 12.1. The summed E-state index contributed by atoms with van der Waals surface area (Å²) in [6.45, 7) is -0.590. The summed E-state index contributed by atoms with van der Waals surface area (Å²) in [5.41, 5.74) is 2.56. The third kappa shape index (κ3) is 6.04. The number of rotatable bonds is 7. The van der Waals surface area contributed by atoms with Crippen LogP contribution in [0.2, 0.25) is 5.02 Å². The Morgan fingerprint density at radius 1 is 1.30 bits per heavy atom. The van der Waals surface area contributed by atoms with E-state index in [0.29, 0.717) is 10.6 Å². The van der Waals surface area contributed by atoms with Gasteiger partial charge in [-0.1, -0.05) is 29.8 Å². The van der Waals surface area contributed by atoms with Crippen molar-refractivity contribution < 1.29 is 18.1 Å². The first-order chi connectivity index (χ1) is 12.7. The number of amides is 1. The van der Waals surface area contributed by atoms with Crippen LogP contribution in [0.1, 0.15) is 5.56 Å². The Morgan fingerprint density at radius 3 is 2.63 bits per heavy atom. The van der Waals surface area contributed by atoms with E-state index in [-0.39, 0.29) is 11.4 Å². The molecule has 142 valence electrons. The van der Waals surface area contributed by atoms with Gasteiger partial charge in [-0.3, -0.25) is 19.2 Å². The minimum atomic E-state index is -3.86. The average molecular weight is 411 g/mol. The minimum Gasteiger partial charge on any atom is -0.271 e. The summed E-state index contributed by atoms with van der Waals surface area (Å²) in [4.78, 5) is 22.3. The van der Waals surface area contributed by atoms with E-state index in [2.05, 4.69) is 10.5 Å². The van der Waals surface area contributed by atoms with Gasteiger partial charge in [0.25, 0.3) is 11.6 Å². The summed E-state index contributed by atoms with van der Waals surface area (Å²) in [5, 5.41) is 15.1. The van der Waals surface area contributed by atoms with Gasteiger partial charge in [0.1, 0.15) is 6.54 Å². The highest BCUT2D eigenvalue weighted by atomic mass is 35.5. The molecule has 11 heteroatoms. The van der Waals surface area contributed by atoms with Crippen molar-refractivity contribution >= 4 is 45.1 Å². The van der Waals surface area contributed by atoms with Gasteiger partial charge in [0, 0.05) is 17.2 Å². The number of nitro groups is 1. The standard InChI is InChI=1S/C16H15ClN4O5S/c1-27(25,26)20(14-6-3-7-15(9-14)21(23)24)11-16(22)19-18-10-12-4-2-5-13(17)8-12/h2-10H,11H2,1H3,(H,19,22)/b18-10-. The summed E-state index contributed by atoms with van der Waals surface area (Å²) in [6.07, 6.45) is 2.25. The maximum atomic E-state index is 12.1. The monoisotopic (exact) mass is 410 g/mol. The van der Waals surface area contributed by atoms with Crippen LogP contribution in [-0.4, -0.2) is 38.3 Å². The SMILES string of the molecule is CS(=O)(=O)N(CC(=O)N/N=C\c1cccc(Cl)c1)c1cccc([N+](=O)[O-])c1. The number of nitro benzene ring substituents is 1. The molecule has 0 saturated carbocycles. The number of benzene rings is 2. The van der Waals surface area contributed by atoms with Crippen molar-refractivity contribution in [1.82, 2.24) is 5.43 Å². The first kappa shape index (κ1) is 20.3. The molecule has 0 heterocycles. The van der Waals surface area contributed by atoms with Crippen molar-refractivity contribution in [3.8, 4) is 0 Å². The van der Waals surface area contributed by atoms with Crippen molar-refractivity contribution in [2.45, 2.75) is 0 Å². The Balaban J connectivity index is 2.13. The number of sulfonamides is 1. The molecule has 0 spiro atoms. The summed E-state index contributed by atoms with van der Waals surface area (Å²) >= 11 is 5.84. The van der Waals surface area contributed by atoms with E-state index in [4.69, 9.17) is 11.6 Å². The van der Waals surface area contributed by atoms with E-state index >= 15 is 0 Å². The molecule has 0 aliphatic carbocycles. The van der Waals surface area contributed by atoms with Gasteiger partial charge in [0.2, 0.25) is 10.0 Å². The molecule has 0 aliphatic rings. The van der Waals surface area contributed by atoms with Crippen molar-refractivity contribution in [3.63, 3.8) is 0 Å². The largest absolute Gasteiger partial charge is 0.271 e. The van der Waals surface area contributed by atoms with Crippen molar-refractivity contribution in [2.24, 2.45) is 5.10 Å². The van der Waals surface area contributed by atoms with Crippen LogP contribution in [0, 0.1) is 10.1 Å². The predicted octanol–water partition coefficient (Wildman–Crippen LogP) is 2.16. The topological polar surface area (TPSA) is 122 Å². The predicted molar refractivity (Wildman–Crippen MR) is 102 cm³/mol. The highest BCUT2D eigenvalue weighted by molar-refractivity contribution is 7.92. The first-order valence-electron chi connectivity index (χ1n) is 7.46. The molecule has 27 heavy (non-hydrogen) atoms. The van der Waals surface area contributed by atoms with Crippen LogP contribution < -0.4 is 9.73 Å². The Morgan fingerprint density at radius 2 is 2.00 bits per heavy atom. The molecule has 0 saturated heterocycles. The lowest BCUT2D eigenvalue weighted by molar-refractivity contribution is -0.384. The lowest BCUT2D eigenvalue weighted by atomic mass is 10.2. The molecule has 0 atom stereocenters. The third-order valence-corrected chi connectivity index (χ3v) is 4.64. The Kier molecular flexibility index (Phi) is 6.48. The van der Waals surface area contributed by atoms with Gasteiger partial charge < -0.3 is 0 Å². The van der Waals surface area contributed by atoms with Crippen molar-refractivity contribution in [1.29, 1.82) is 0 Å². The van der Waals surface area contributed by atoms with Gasteiger partial charge in [0.15, 0.2) is 0 Å². The van der Waals surface area contributed by atoms with E-state index in [1.807, 2.05) is 0 Å². The fourth-order valence-electron chi connectivity index (χ4n) is 2.09. The molecule has 2 aromatic rings. The zero-order valence-electron chi connectivity index (χ0n) is 14.1. The third-order valence-electron chi connectivity index (χ3n) is 3.27. The smallest absolute Gasteiger partial charge is 0.271 e. The van der Waals surface area contributed by atoms with Crippen LogP contribution in [0.25, 0.3) is 0 Å². The van der Waals surface area contributed by atoms with E-state index in [1.54, 1.807) is 24.3 Å². The van der Waals surface area contributed by atoms with Gasteiger partial charge in [-0.2, -0.15) is 5.10 Å². The highest BCUT2D eigenvalue weighted by Crippen LogP contribution is 2.22. The van der Waals surface area contributed by atoms with Gasteiger partial charge >= 0.3 is 0 Å². The summed E-state index contributed by atoms with van der Waals surface area (Å²) in [7, 11) is -3.86. The van der Waals surface area contributed by atoms with Gasteiger partial charge in [0.05, 0.1) is 23.1 Å². The number of anilines is 1. The van der Waals surface area contributed by atoms with Gasteiger partial charge in [-0.25, -0.2) is 13.8 Å². The number of hydrazone groups is 1. The zero-order chi connectivity index (χ0) is 20.0. The van der Waals surface area contributed by atoms with Crippen molar-refractivity contribution in [2.75, 3.05) is 17.1 Å². The van der Waals surface area contributed by atoms with Gasteiger partial charge in [-0.15, -0.1) is 0 Å². The lowest BCUT2D eigenvalue weighted by Crippen LogP contribution is -2.39. The average Bonchev–Trinajstić information content (AvgIpc) is 2.59. The number of hydrogen-bond acceptors (Lipinski definition) is 6. The van der Waals surface area contributed by atoms with Crippen LogP contribution in [0.15, 0.2) is 53.6 Å². The van der Waals surface area contributed by atoms with Crippen LogP contribution in [0.4, 0.5) is 11.4 Å². The van der Waals surface area contributed by atoms with Crippen molar-refractivity contribution in [3.05, 3.63) is 69.2 Å². The molecule has 0 fully saturated rings. The molecule has 2 aromatic carbocycles. The Hall–Kier alpha value is -2.98. The molecular formula is C16H15ClN4O5S. The summed E-state index contributed by atoms with van der Waals surface area (Å²) < 4.78 is 24.8. The number of hydrogen-bond donors (Lipinski definition) is 1. The molecular weight excluding hydrogens is 396 g/mol. The minimum absolute atomic E-state index is 0.000621. The molecule has 2 rings (SSSR count). The summed E-state index contributed by atoms with van der Waals surface area (Å²) in [6, 6.07) is 11.7. The second-order valence-corrected chi connectivity index (χ2v) is 7.74. The first-order valence-corrected chi connectivity index (χ1v) is 9.69. The van der Waals surface area contributed by atoms with E-state index in [1.165, 1.54) is 24.4 Å². The molecule has 0 unspecified atom stereocenters. The molecule has 1 N–H and O–H groups in total. The Bertz CT molecular complexity index is 994. The summed E-state index contributed by atoms with van der Waals surface area (Å²) in [5.74, 6) is -0.717. The molecule has 1 amide bonds. The molecule has 0 bridgehead atoms. The lowest BCUT2D eigenvalue weighted by Gasteiger charge is -2.21. The molecule has 0 aromatic heterocycles. The number of non-ortho nitro benzene ring substituents is 1. The van der Waals surface area contributed by atoms with E-state index in [0.717, 1.165) is 16.6 Å². The quantitative estimate of drug-likeness (QED) is 0.425. The zero-order valence-corrected chi connectivity index (χ0v) is 15.6. The van der Waals surface area contributed by atoms with Crippen LogP contribution >= 0.6 is 11.6 Å². The number of nitrogens with zero attached hydrogens (tertiary/aromatic N) is 3. The van der Waals surface area contributed by atoms with Crippen LogP contribution in [0.5, 0.6) is 0 Å². The maximum Gasteiger partial charge on any atom is 0.271 e. The number of carbonyl (C=O) groups is 1. The highest BCUT2D eigenvalue weighted by Gasteiger charge is 2.22. The fourth-order valence-corrected chi connectivity index (χ4v) is 3.14. The molecule has 0 aliphatic heterocycles. The van der Waals surface area contributed by atoms with Crippen LogP contribution in [-0.2, 0) is 14.8 Å². The molecule has 9 nitrogen and oxygen atoms in total.